The lowest BCUT2D eigenvalue weighted by Crippen LogP contribution is -2.14. The van der Waals surface area contributed by atoms with Gasteiger partial charge in [-0.1, -0.05) is 6.92 Å². The van der Waals surface area contributed by atoms with Crippen LogP contribution in [-0.2, 0) is 0 Å². The van der Waals surface area contributed by atoms with Gasteiger partial charge in [-0.2, -0.15) is 0 Å². The molecule has 0 saturated carbocycles. The molecular weight excluding hydrogens is 271 g/mol. The molecule has 20 heavy (non-hydrogen) atoms. The number of carboxylic acid groups (broad SMARTS) is 1. The summed E-state index contributed by atoms with van der Waals surface area (Å²) in [5.41, 5.74) is -1.21. The lowest BCUT2D eigenvalue weighted by atomic mass is 10.1. The number of anilines is 1. The van der Waals surface area contributed by atoms with Gasteiger partial charge in [0.25, 0.3) is 5.69 Å². The van der Waals surface area contributed by atoms with Crippen LogP contribution >= 0.6 is 0 Å². The summed E-state index contributed by atoms with van der Waals surface area (Å²) in [5, 5.41) is 31.1. The van der Waals surface area contributed by atoms with Crippen LogP contribution in [0.25, 0.3) is 0 Å². The molecule has 110 valence electrons. The fraction of sp³-hybridized carbons (Fsp3) is 0.417. The summed E-state index contributed by atoms with van der Waals surface area (Å²) in [6.45, 7) is 2.09. The summed E-state index contributed by atoms with van der Waals surface area (Å²) in [6, 6.07) is 1.49. The number of carboxylic acids is 1. The zero-order valence-corrected chi connectivity index (χ0v) is 10.8. The second-order valence-electron chi connectivity index (χ2n) is 4.41. The lowest BCUT2D eigenvalue weighted by molar-refractivity contribution is -0.384. The van der Waals surface area contributed by atoms with E-state index in [-0.39, 0.29) is 18.2 Å². The smallest absolute Gasteiger partial charge is 0.338 e. The molecule has 1 aromatic carbocycles. The van der Waals surface area contributed by atoms with Gasteiger partial charge in [0, 0.05) is 13.2 Å². The summed E-state index contributed by atoms with van der Waals surface area (Å²) in [5.74, 6) is -2.63. The van der Waals surface area contributed by atoms with Crippen molar-refractivity contribution in [2.75, 3.05) is 18.5 Å². The predicted octanol–water partition coefficient (Wildman–Crippen LogP) is 1.86. The Kier molecular flexibility index (Phi) is 5.39. The number of nitrogens with one attached hydrogen (secondary N) is 1. The molecule has 3 N–H and O–H groups in total. The maximum atomic E-state index is 13.4. The van der Waals surface area contributed by atoms with Crippen LogP contribution in [0.4, 0.5) is 15.8 Å². The molecule has 8 heteroatoms. The normalized spacial score (nSPS) is 11.9. The number of hydrogen-bond donors (Lipinski definition) is 3. The van der Waals surface area contributed by atoms with Crippen LogP contribution in [0.15, 0.2) is 12.1 Å². The van der Waals surface area contributed by atoms with Crippen LogP contribution in [0.1, 0.15) is 23.7 Å². The van der Waals surface area contributed by atoms with E-state index in [0.29, 0.717) is 19.0 Å². The van der Waals surface area contributed by atoms with E-state index in [1.165, 1.54) is 0 Å². The van der Waals surface area contributed by atoms with Gasteiger partial charge in [-0.25, -0.2) is 9.18 Å². The molecule has 1 aromatic rings. The van der Waals surface area contributed by atoms with Crippen molar-refractivity contribution in [3.63, 3.8) is 0 Å². The van der Waals surface area contributed by atoms with E-state index in [2.05, 4.69) is 5.32 Å². The minimum Gasteiger partial charge on any atom is -0.478 e. The highest BCUT2D eigenvalue weighted by molar-refractivity contribution is 5.90. The standard InChI is InChI=1S/C12H15FN2O5/c1-7(2-3-16)6-14-10-4-8(12(17)18)9(13)5-11(10)15(19)20/h4-5,7,14,16H,2-3,6H2,1H3,(H,17,18). The fourth-order valence-electron chi connectivity index (χ4n) is 1.63. The minimum absolute atomic E-state index is 0.0191. The number of hydrogen-bond acceptors (Lipinski definition) is 5. The minimum atomic E-state index is -1.50. The molecule has 0 fully saturated rings. The monoisotopic (exact) mass is 286 g/mol. The van der Waals surface area contributed by atoms with Crippen LogP contribution in [0, 0.1) is 21.8 Å². The third-order valence-electron chi connectivity index (χ3n) is 2.78. The van der Waals surface area contributed by atoms with Crippen LogP contribution < -0.4 is 5.32 Å². The molecule has 0 spiro atoms. The summed E-state index contributed by atoms with van der Waals surface area (Å²) in [7, 11) is 0. The number of rotatable bonds is 7. The number of halogens is 1. The first-order chi connectivity index (χ1) is 9.36. The number of benzene rings is 1. The molecule has 0 aliphatic heterocycles. The number of aromatic carboxylic acids is 1. The number of aliphatic hydroxyl groups is 1. The molecule has 0 amide bonds. The Labute approximate surface area is 114 Å². The molecule has 0 aromatic heterocycles. The van der Waals surface area contributed by atoms with Gasteiger partial charge in [0.15, 0.2) is 0 Å². The molecule has 7 nitrogen and oxygen atoms in total. The Morgan fingerprint density at radius 3 is 2.70 bits per heavy atom. The molecule has 0 saturated heterocycles. The van der Waals surface area contributed by atoms with Gasteiger partial charge < -0.3 is 15.5 Å². The predicted molar refractivity (Wildman–Crippen MR) is 69.4 cm³/mol. The number of aliphatic hydroxyl groups excluding tert-OH is 1. The SMILES string of the molecule is CC(CCO)CNc1cc(C(=O)O)c(F)cc1[N+](=O)[O-]. The van der Waals surface area contributed by atoms with Gasteiger partial charge in [-0.05, 0) is 18.4 Å². The molecule has 0 bridgehead atoms. The Balaban J connectivity index is 3.05. The van der Waals surface area contributed by atoms with Crippen LogP contribution in [0.3, 0.4) is 0 Å². The van der Waals surface area contributed by atoms with E-state index in [0.717, 1.165) is 6.07 Å². The Hall–Kier alpha value is -2.22. The average molecular weight is 286 g/mol. The van der Waals surface area contributed by atoms with Gasteiger partial charge in [0.05, 0.1) is 16.6 Å². The lowest BCUT2D eigenvalue weighted by Gasteiger charge is -2.13. The van der Waals surface area contributed by atoms with Gasteiger partial charge in [0.1, 0.15) is 11.5 Å². The second kappa shape index (κ2) is 6.80. The van der Waals surface area contributed by atoms with E-state index in [4.69, 9.17) is 10.2 Å². The highest BCUT2D eigenvalue weighted by Crippen LogP contribution is 2.28. The van der Waals surface area contributed by atoms with Crippen molar-refractivity contribution in [1.82, 2.24) is 0 Å². The van der Waals surface area contributed by atoms with Gasteiger partial charge in [-0.15, -0.1) is 0 Å². The van der Waals surface area contributed by atoms with Crippen LogP contribution in [0.5, 0.6) is 0 Å². The molecule has 0 radical (unpaired) electrons. The Bertz CT molecular complexity index is 521. The van der Waals surface area contributed by atoms with E-state index in [9.17, 15) is 19.3 Å². The fourth-order valence-corrected chi connectivity index (χ4v) is 1.63. The van der Waals surface area contributed by atoms with E-state index in [1.807, 2.05) is 6.92 Å². The van der Waals surface area contributed by atoms with Crippen molar-refractivity contribution in [3.05, 3.63) is 33.6 Å². The van der Waals surface area contributed by atoms with E-state index in [1.54, 1.807) is 0 Å². The number of nitro groups is 1. The summed E-state index contributed by atoms with van der Waals surface area (Å²) in [4.78, 5) is 20.9. The molecule has 1 atom stereocenters. The van der Waals surface area contributed by atoms with Crippen molar-refractivity contribution in [2.45, 2.75) is 13.3 Å². The van der Waals surface area contributed by atoms with Crippen molar-refractivity contribution in [3.8, 4) is 0 Å². The molecule has 1 unspecified atom stereocenters. The zero-order valence-electron chi connectivity index (χ0n) is 10.8. The molecule has 0 heterocycles. The summed E-state index contributed by atoms with van der Waals surface area (Å²) >= 11 is 0. The highest BCUT2D eigenvalue weighted by Gasteiger charge is 2.21. The molecule has 1 rings (SSSR count). The number of nitro benzene ring substituents is 1. The first-order valence-corrected chi connectivity index (χ1v) is 5.92. The van der Waals surface area contributed by atoms with Crippen molar-refractivity contribution in [2.24, 2.45) is 5.92 Å². The second-order valence-corrected chi connectivity index (χ2v) is 4.41. The van der Waals surface area contributed by atoms with Crippen molar-refractivity contribution < 1.29 is 24.3 Å². The van der Waals surface area contributed by atoms with Gasteiger partial charge in [0.2, 0.25) is 0 Å². The van der Waals surface area contributed by atoms with Gasteiger partial charge >= 0.3 is 5.97 Å². The largest absolute Gasteiger partial charge is 0.478 e. The first-order valence-electron chi connectivity index (χ1n) is 5.92. The van der Waals surface area contributed by atoms with Crippen molar-refractivity contribution >= 4 is 17.3 Å². The molecular formula is C12H15FN2O5. The zero-order chi connectivity index (χ0) is 15.3. The average Bonchev–Trinajstić information content (AvgIpc) is 2.36. The van der Waals surface area contributed by atoms with Crippen LogP contribution in [0.2, 0.25) is 0 Å². The Morgan fingerprint density at radius 2 is 2.20 bits per heavy atom. The summed E-state index contributed by atoms with van der Waals surface area (Å²) in [6.07, 6.45) is 0.494. The Morgan fingerprint density at radius 1 is 1.55 bits per heavy atom. The van der Waals surface area contributed by atoms with E-state index >= 15 is 0 Å². The summed E-state index contributed by atoms with van der Waals surface area (Å²) < 4.78 is 13.4. The maximum Gasteiger partial charge on any atom is 0.338 e. The third kappa shape index (κ3) is 3.89. The first kappa shape index (κ1) is 15.8. The van der Waals surface area contributed by atoms with Crippen molar-refractivity contribution in [1.29, 1.82) is 0 Å². The quantitative estimate of drug-likeness (QED) is 0.521. The van der Waals surface area contributed by atoms with Crippen LogP contribution in [-0.4, -0.2) is 34.3 Å². The maximum absolute atomic E-state index is 13.4. The number of nitrogens with zero attached hydrogens (tertiary/aromatic N) is 1. The van der Waals surface area contributed by atoms with E-state index < -0.39 is 28.0 Å². The molecule has 0 aliphatic carbocycles. The molecule has 0 aliphatic rings. The van der Waals surface area contributed by atoms with Gasteiger partial charge in [-0.3, -0.25) is 10.1 Å². The highest BCUT2D eigenvalue weighted by atomic mass is 19.1. The third-order valence-corrected chi connectivity index (χ3v) is 2.78. The number of carbonyl (C=O) groups is 1. The topological polar surface area (TPSA) is 113 Å².